The summed E-state index contributed by atoms with van der Waals surface area (Å²) in [6.45, 7) is 6.90. The number of unbranched alkanes of at least 4 members (excludes halogenated alkanes) is 1. The summed E-state index contributed by atoms with van der Waals surface area (Å²) in [6, 6.07) is 8.47. The van der Waals surface area contributed by atoms with Gasteiger partial charge in [0.05, 0.1) is 5.75 Å². The topological polar surface area (TPSA) is 71.5 Å². The number of fused-ring (bicyclic) bond motifs is 1. The summed E-state index contributed by atoms with van der Waals surface area (Å²) in [5.74, 6) is 1.02. The summed E-state index contributed by atoms with van der Waals surface area (Å²) in [6.07, 6.45) is 7.27. The van der Waals surface area contributed by atoms with Gasteiger partial charge in [-0.15, -0.1) is 0 Å². The quantitative estimate of drug-likeness (QED) is 0.639. The van der Waals surface area contributed by atoms with Gasteiger partial charge < -0.3 is 9.64 Å². The highest BCUT2D eigenvalue weighted by molar-refractivity contribution is 7.89. The number of ether oxygens (including phenoxy) is 1. The second-order valence-corrected chi connectivity index (χ2v) is 9.82. The molecule has 29 heavy (non-hydrogen) atoms. The summed E-state index contributed by atoms with van der Waals surface area (Å²) in [4.78, 5) is 6.85. The summed E-state index contributed by atoms with van der Waals surface area (Å²) in [5, 5.41) is 1.14. The number of hydrogen-bond donors (Lipinski definition) is 1. The van der Waals surface area contributed by atoms with Crippen LogP contribution in [0.25, 0.3) is 10.9 Å². The first-order valence-corrected chi connectivity index (χ1v) is 12.4. The SMILES string of the molecule is CCCCc1cc(OC2CCN(CCNS(=O)(=O)CC)CC2)c2ncccc2c1. The molecule has 1 aliphatic heterocycles. The van der Waals surface area contributed by atoms with Crippen molar-refractivity contribution in [3.63, 3.8) is 0 Å². The molecule has 7 heteroatoms. The molecule has 1 fully saturated rings. The van der Waals surface area contributed by atoms with Crippen molar-refractivity contribution in [2.75, 3.05) is 31.9 Å². The van der Waals surface area contributed by atoms with Crippen molar-refractivity contribution < 1.29 is 13.2 Å². The van der Waals surface area contributed by atoms with Gasteiger partial charge in [0.2, 0.25) is 10.0 Å². The van der Waals surface area contributed by atoms with E-state index in [9.17, 15) is 8.42 Å². The Labute approximate surface area is 174 Å². The number of benzene rings is 1. The Morgan fingerprint density at radius 1 is 1.24 bits per heavy atom. The fourth-order valence-corrected chi connectivity index (χ4v) is 4.33. The smallest absolute Gasteiger partial charge is 0.211 e. The monoisotopic (exact) mass is 419 g/mol. The third kappa shape index (κ3) is 6.39. The van der Waals surface area contributed by atoms with Crippen LogP contribution in [-0.4, -0.2) is 56.3 Å². The Morgan fingerprint density at radius 2 is 2.03 bits per heavy atom. The number of nitrogens with zero attached hydrogens (tertiary/aromatic N) is 2. The van der Waals surface area contributed by atoms with Crippen molar-refractivity contribution in [2.24, 2.45) is 0 Å². The van der Waals surface area contributed by atoms with Gasteiger partial charge in [-0.05, 0) is 56.4 Å². The average molecular weight is 420 g/mol. The number of nitrogens with one attached hydrogen (secondary N) is 1. The van der Waals surface area contributed by atoms with Gasteiger partial charge in [0.1, 0.15) is 17.4 Å². The molecule has 0 amide bonds. The Bertz CT molecular complexity index is 893. The Morgan fingerprint density at radius 3 is 2.76 bits per heavy atom. The molecule has 1 saturated heterocycles. The fraction of sp³-hybridized carbons (Fsp3) is 0.591. The number of sulfonamides is 1. The van der Waals surface area contributed by atoms with Crippen LogP contribution in [0.1, 0.15) is 45.1 Å². The molecule has 0 spiro atoms. The van der Waals surface area contributed by atoms with Crippen LogP contribution in [0.3, 0.4) is 0 Å². The molecular weight excluding hydrogens is 386 g/mol. The predicted molar refractivity (Wildman–Crippen MR) is 118 cm³/mol. The first-order chi connectivity index (χ1) is 14.0. The van der Waals surface area contributed by atoms with E-state index in [0.717, 1.165) is 55.5 Å². The Balaban J connectivity index is 1.58. The van der Waals surface area contributed by atoms with Crippen molar-refractivity contribution in [3.05, 3.63) is 36.0 Å². The number of likely N-dealkylation sites (tertiary alicyclic amines) is 1. The molecule has 0 atom stereocenters. The maximum Gasteiger partial charge on any atom is 0.211 e. The standard InChI is InChI=1S/C22H33N3O3S/c1-3-5-7-18-16-19-8-6-11-23-22(19)21(17-18)28-20-9-13-25(14-10-20)15-12-24-29(26,27)4-2/h6,8,11,16-17,20,24H,3-5,7,9-10,12-15H2,1-2H3. The molecule has 1 aromatic heterocycles. The first kappa shape index (κ1) is 22.0. The Kier molecular flexibility index (Phi) is 7.86. The van der Waals surface area contributed by atoms with E-state index in [4.69, 9.17) is 4.74 Å². The highest BCUT2D eigenvalue weighted by atomic mass is 32.2. The third-order valence-corrected chi connectivity index (χ3v) is 6.91. The molecule has 3 rings (SSSR count). The minimum atomic E-state index is -3.11. The van der Waals surface area contributed by atoms with Crippen LogP contribution in [0.5, 0.6) is 5.75 Å². The zero-order valence-corrected chi connectivity index (χ0v) is 18.4. The van der Waals surface area contributed by atoms with Crippen molar-refractivity contribution in [1.29, 1.82) is 0 Å². The lowest BCUT2D eigenvalue weighted by Gasteiger charge is -2.32. The van der Waals surface area contributed by atoms with Crippen LogP contribution < -0.4 is 9.46 Å². The maximum atomic E-state index is 11.5. The van der Waals surface area contributed by atoms with E-state index in [1.807, 2.05) is 12.3 Å². The van der Waals surface area contributed by atoms with Crippen LogP contribution in [0.2, 0.25) is 0 Å². The number of pyridine rings is 1. The zero-order valence-electron chi connectivity index (χ0n) is 17.6. The molecule has 6 nitrogen and oxygen atoms in total. The van der Waals surface area contributed by atoms with Crippen LogP contribution >= 0.6 is 0 Å². The van der Waals surface area contributed by atoms with E-state index < -0.39 is 10.0 Å². The molecular formula is C22H33N3O3S. The molecule has 0 bridgehead atoms. The van der Waals surface area contributed by atoms with E-state index in [1.165, 1.54) is 18.4 Å². The van der Waals surface area contributed by atoms with Crippen LogP contribution in [0.15, 0.2) is 30.5 Å². The first-order valence-electron chi connectivity index (χ1n) is 10.7. The number of rotatable bonds is 10. The van der Waals surface area contributed by atoms with E-state index >= 15 is 0 Å². The van der Waals surface area contributed by atoms with Gasteiger partial charge in [-0.3, -0.25) is 4.98 Å². The largest absolute Gasteiger partial charge is 0.488 e. The lowest BCUT2D eigenvalue weighted by atomic mass is 10.0. The minimum Gasteiger partial charge on any atom is -0.488 e. The Hall–Kier alpha value is -1.70. The maximum absolute atomic E-state index is 11.5. The van der Waals surface area contributed by atoms with Gasteiger partial charge >= 0.3 is 0 Å². The number of piperidine rings is 1. The lowest BCUT2D eigenvalue weighted by molar-refractivity contribution is 0.103. The molecule has 0 aliphatic carbocycles. The van der Waals surface area contributed by atoms with E-state index in [1.54, 1.807) is 6.92 Å². The van der Waals surface area contributed by atoms with E-state index in [2.05, 4.69) is 39.7 Å². The van der Waals surface area contributed by atoms with Gasteiger partial charge in [-0.25, -0.2) is 13.1 Å². The zero-order chi connectivity index (χ0) is 20.7. The van der Waals surface area contributed by atoms with Crippen molar-refractivity contribution in [3.8, 4) is 5.75 Å². The highest BCUT2D eigenvalue weighted by Crippen LogP contribution is 2.29. The van der Waals surface area contributed by atoms with Gasteiger partial charge in [0, 0.05) is 37.8 Å². The predicted octanol–water partition coefficient (Wildman–Crippen LogP) is 3.36. The molecule has 1 N–H and O–H groups in total. The molecule has 160 valence electrons. The van der Waals surface area contributed by atoms with Gasteiger partial charge in [0.25, 0.3) is 0 Å². The van der Waals surface area contributed by atoms with Crippen LogP contribution in [0.4, 0.5) is 0 Å². The number of aryl methyl sites for hydroxylation is 1. The summed E-state index contributed by atoms with van der Waals surface area (Å²) in [7, 11) is -3.11. The molecule has 2 aromatic rings. The summed E-state index contributed by atoms with van der Waals surface area (Å²) < 4.78 is 32.1. The minimum absolute atomic E-state index is 0.127. The lowest BCUT2D eigenvalue weighted by Crippen LogP contribution is -2.42. The molecule has 1 aliphatic rings. The molecule has 1 aromatic carbocycles. The molecule has 0 radical (unpaired) electrons. The molecule has 2 heterocycles. The van der Waals surface area contributed by atoms with Crippen LogP contribution in [-0.2, 0) is 16.4 Å². The summed E-state index contributed by atoms with van der Waals surface area (Å²) >= 11 is 0. The van der Waals surface area contributed by atoms with Crippen molar-refractivity contribution in [2.45, 2.75) is 52.1 Å². The molecule has 0 saturated carbocycles. The molecule has 0 unspecified atom stereocenters. The normalized spacial score (nSPS) is 16.3. The van der Waals surface area contributed by atoms with Crippen LogP contribution in [0, 0.1) is 0 Å². The third-order valence-electron chi connectivity index (χ3n) is 5.51. The fourth-order valence-electron chi connectivity index (χ4n) is 3.72. The van der Waals surface area contributed by atoms with E-state index in [-0.39, 0.29) is 11.9 Å². The average Bonchev–Trinajstić information content (AvgIpc) is 2.73. The second kappa shape index (κ2) is 10.4. The summed E-state index contributed by atoms with van der Waals surface area (Å²) in [5.41, 5.74) is 2.24. The van der Waals surface area contributed by atoms with E-state index in [0.29, 0.717) is 6.54 Å². The number of aromatic nitrogens is 1. The van der Waals surface area contributed by atoms with Gasteiger partial charge in [0.15, 0.2) is 0 Å². The number of hydrogen-bond acceptors (Lipinski definition) is 5. The van der Waals surface area contributed by atoms with Crippen molar-refractivity contribution >= 4 is 20.9 Å². The second-order valence-electron chi connectivity index (χ2n) is 7.73. The van der Waals surface area contributed by atoms with Gasteiger partial charge in [-0.1, -0.05) is 19.4 Å². The highest BCUT2D eigenvalue weighted by Gasteiger charge is 2.22. The van der Waals surface area contributed by atoms with Crippen molar-refractivity contribution in [1.82, 2.24) is 14.6 Å². The van der Waals surface area contributed by atoms with Gasteiger partial charge in [-0.2, -0.15) is 0 Å².